The van der Waals surface area contributed by atoms with E-state index in [0.717, 1.165) is 30.7 Å². The molecule has 2 saturated carbocycles. The number of nitrogens with zero attached hydrogens (tertiary/aromatic N) is 2. The largest absolute Gasteiger partial charge is 0.461 e. The molecule has 0 radical (unpaired) electrons. The second kappa shape index (κ2) is 6.86. The molecule has 2 fully saturated rings. The van der Waals surface area contributed by atoms with E-state index in [-0.39, 0.29) is 18.4 Å². The Bertz CT molecular complexity index is 593. The van der Waals surface area contributed by atoms with Gasteiger partial charge in [0.05, 0.1) is 18.2 Å². The van der Waals surface area contributed by atoms with E-state index in [4.69, 9.17) is 9.47 Å². The first-order valence-electron chi connectivity index (χ1n) is 8.17. The van der Waals surface area contributed by atoms with Gasteiger partial charge in [-0.05, 0) is 51.4 Å². The smallest absolute Gasteiger partial charge is 0.414 e. The Morgan fingerprint density at radius 2 is 1.91 bits per heavy atom. The first kappa shape index (κ1) is 16.2. The molecule has 0 spiro atoms. The van der Waals surface area contributed by atoms with Gasteiger partial charge in [-0.15, -0.1) is 11.3 Å². The third kappa shape index (κ3) is 4.22. The molecule has 1 heterocycles. The van der Waals surface area contributed by atoms with Crippen molar-refractivity contribution in [2.75, 3.05) is 24.7 Å². The summed E-state index contributed by atoms with van der Waals surface area (Å²) in [7, 11) is 0. The van der Waals surface area contributed by atoms with Crippen LogP contribution in [0, 0.1) is 18.8 Å². The molecule has 0 N–H and O–H groups in total. The average Bonchev–Trinajstić information content (AvgIpc) is 3.42. The standard InChI is InChI=1S/C16H22N2O4S/c1-3-21-15(19)13-14(23-10(2)17-13)18(8-11-4-5-11)16(20)22-9-12-6-7-12/h11-12H,3-9H2,1-2H3. The SMILES string of the molecule is CCOC(=O)c1nc(C)sc1N(CC1CC1)C(=O)OCC1CC1. The van der Waals surface area contributed by atoms with Crippen molar-refractivity contribution in [1.82, 2.24) is 4.98 Å². The molecule has 3 rings (SSSR count). The Balaban J connectivity index is 1.79. The Hall–Kier alpha value is -1.63. The van der Waals surface area contributed by atoms with E-state index >= 15 is 0 Å². The molecule has 7 heteroatoms. The molecular weight excluding hydrogens is 316 g/mol. The number of thiazole rings is 1. The van der Waals surface area contributed by atoms with E-state index in [0.29, 0.717) is 30.0 Å². The fraction of sp³-hybridized carbons (Fsp3) is 0.688. The molecule has 1 amide bonds. The Kier molecular flexibility index (Phi) is 4.84. The van der Waals surface area contributed by atoms with Crippen LogP contribution >= 0.6 is 11.3 Å². The molecule has 1 aromatic rings. The Morgan fingerprint density at radius 1 is 1.22 bits per heavy atom. The summed E-state index contributed by atoms with van der Waals surface area (Å²) < 4.78 is 10.5. The van der Waals surface area contributed by atoms with Crippen LogP contribution in [0.5, 0.6) is 0 Å². The highest BCUT2D eigenvalue weighted by Crippen LogP contribution is 2.36. The van der Waals surface area contributed by atoms with Gasteiger partial charge in [0.1, 0.15) is 5.00 Å². The van der Waals surface area contributed by atoms with E-state index in [9.17, 15) is 9.59 Å². The lowest BCUT2D eigenvalue weighted by Gasteiger charge is -2.21. The van der Waals surface area contributed by atoms with Crippen molar-refractivity contribution in [3.63, 3.8) is 0 Å². The normalized spacial score (nSPS) is 17.0. The zero-order valence-electron chi connectivity index (χ0n) is 13.5. The van der Waals surface area contributed by atoms with Crippen molar-refractivity contribution in [3.05, 3.63) is 10.7 Å². The summed E-state index contributed by atoms with van der Waals surface area (Å²) >= 11 is 1.34. The van der Waals surface area contributed by atoms with Gasteiger partial charge in [0, 0.05) is 6.54 Å². The molecule has 0 atom stereocenters. The van der Waals surface area contributed by atoms with Gasteiger partial charge in [-0.3, -0.25) is 4.90 Å². The minimum atomic E-state index is -0.484. The van der Waals surface area contributed by atoms with Crippen LogP contribution < -0.4 is 4.90 Å². The molecule has 2 aliphatic carbocycles. The highest BCUT2D eigenvalue weighted by Gasteiger charge is 2.34. The Morgan fingerprint density at radius 3 is 2.52 bits per heavy atom. The van der Waals surface area contributed by atoms with Crippen molar-refractivity contribution in [3.8, 4) is 0 Å². The first-order chi connectivity index (χ1) is 11.1. The quantitative estimate of drug-likeness (QED) is 0.713. The highest BCUT2D eigenvalue weighted by molar-refractivity contribution is 7.16. The molecule has 23 heavy (non-hydrogen) atoms. The van der Waals surface area contributed by atoms with Crippen LogP contribution in [0.2, 0.25) is 0 Å². The van der Waals surface area contributed by atoms with Gasteiger partial charge in [0.25, 0.3) is 0 Å². The summed E-state index contributed by atoms with van der Waals surface area (Å²) in [5.41, 5.74) is 0.221. The van der Waals surface area contributed by atoms with Crippen molar-refractivity contribution in [2.45, 2.75) is 39.5 Å². The number of anilines is 1. The number of aromatic nitrogens is 1. The number of aryl methyl sites for hydroxylation is 1. The zero-order chi connectivity index (χ0) is 16.4. The summed E-state index contributed by atoms with van der Waals surface area (Å²) in [6, 6.07) is 0. The van der Waals surface area contributed by atoms with Crippen molar-refractivity contribution >= 4 is 28.4 Å². The lowest BCUT2D eigenvalue weighted by molar-refractivity contribution is 0.0521. The maximum atomic E-state index is 12.5. The fourth-order valence-corrected chi connectivity index (χ4v) is 3.18. The molecule has 1 aromatic heterocycles. The van der Waals surface area contributed by atoms with Crippen molar-refractivity contribution < 1.29 is 19.1 Å². The van der Waals surface area contributed by atoms with Crippen LogP contribution in [0.15, 0.2) is 0 Å². The summed E-state index contributed by atoms with van der Waals surface area (Å²) in [6.45, 7) is 4.90. The number of carbonyl (C=O) groups is 2. The first-order valence-corrected chi connectivity index (χ1v) is 8.99. The third-order valence-electron chi connectivity index (χ3n) is 3.93. The summed E-state index contributed by atoms with van der Waals surface area (Å²) in [6.07, 6.45) is 4.10. The molecule has 126 valence electrons. The van der Waals surface area contributed by atoms with Crippen LogP contribution in [0.4, 0.5) is 9.80 Å². The number of rotatable bonds is 7. The maximum absolute atomic E-state index is 12.5. The number of hydrogen-bond donors (Lipinski definition) is 0. The lowest BCUT2D eigenvalue weighted by atomic mass is 10.3. The van der Waals surface area contributed by atoms with E-state index in [2.05, 4.69) is 4.98 Å². The van der Waals surface area contributed by atoms with E-state index < -0.39 is 5.97 Å². The van der Waals surface area contributed by atoms with Crippen LogP contribution in [-0.4, -0.2) is 36.8 Å². The van der Waals surface area contributed by atoms with E-state index in [1.807, 2.05) is 6.92 Å². The third-order valence-corrected chi connectivity index (χ3v) is 4.92. The minimum absolute atomic E-state index is 0.221. The molecular formula is C16H22N2O4S. The molecule has 0 saturated heterocycles. The van der Waals surface area contributed by atoms with E-state index in [1.54, 1.807) is 11.8 Å². The second-order valence-corrected chi connectivity index (χ2v) is 7.36. The number of ether oxygens (including phenoxy) is 2. The summed E-state index contributed by atoms with van der Waals surface area (Å²) in [5.74, 6) is 0.512. The van der Waals surface area contributed by atoms with Gasteiger partial charge in [-0.1, -0.05) is 0 Å². The number of amides is 1. The van der Waals surface area contributed by atoms with Gasteiger partial charge in [-0.25, -0.2) is 14.6 Å². The molecule has 2 aliphatic rings. The Labute approximate surface area is 139 Å². The molecule has 0 bridgehead atoms. The van der Waals surface area contributed by atoms with Crippen molar-refractivity contribution in [2.24, 2.45) is 11.8 Å². The van der Waals surface area contributed by atoms with Crippen LogP contribution in [0.3, 0.4) is 0 Å². The van der Waals surface area contributed by atoms with Gasteiger partial charge in [-0.2, -0.15) is 0 Å². The van der Waals surface area contributed by atoms with Crippen LogP contribution in [0.25, 0.3) is 0 Å². The number of hydrogen-bond acceptors (Lipinski definition) is 6. The van der Waals surface area contributed by atoms with Gasteiger partial charge in [0.15, 0.2) is 5.69 Å². The average molecular weight is 338 g/mol. The minimum Gasteiger partial charge on any atom is -0.461 e. The second-order valence-electron chi connectivity index (χ2n) is 6.18. The lowest BCUT2D eigenvalue weighted by Crippen LogP contribution is -2.34. The van der Waals surface area contributed by atoms with Crippen LogP contribution in [0.1, 0.15) is 48.1 Å². The highest BCUT2D eigenvalue weighted by atomic mass is 32.1. The zero-order valence-corrected chi connectivity index (χ0v) is 14.4. The van der Waals surface area contributed by atoms with E-state index in [1.165, 1.54) is 11.3 Å². The van der Waals surface area contributed by atoms with Gasteiger partial charge in [0.2, 0.25) is 0 Å². The molecule has 0 unspecified atom stereocenters. The topological polar surface area (TPSA) is 68.7 Å². The predicted molar refractivity (Wildman–Crippen MR) is 86.9 cm³/mol. The molecule has 6 nitrogen and oxygen atoms in total. The van der Waals surface area contributed by atoms with Gasteiger partial charge >= 0.3 is 12.1 Å². The number of carbonyl (C=O) groups excluding carboxylic acids is 2. The number of esters is 1. The fourth-order valence-electron chi connectivity index (χ4n) is 2.28. The van der Waals surface area contributed by atoms with Gasteiger partial charge < -0.3 is 9.47 Å². The monoisotopic (exact) mass is 338 g/mol. The van der Waals surface area contributed by atoms with Crippen molar-refractivity contribution in [1.29, 1.82) is 0 Å². The molecule has 0 aromatic carbocycles. The summed E-state index contributed by atoms with van der Waals surface area (Å²) in [4.78, 5) is 30.5. The molecule has 0 aliphatic heterocycles. The predicted octanol–water partition coefficient (Wildman–Crippen LogP) is 3.39. The van der Waals surface area contributed by atoms with Crippen LogP contribution in [-0.2, 0) is 9.47 Å². The summed E-state index contributed by atoms with van der Waals surface area (Å²) in [5, 5.41) is 1.28. The maximum Gasteiger partial charge on any atom is 0.414 e.